The van der Waals surface area contributed by atoms with Crippen molar-refractivity contribution >= 4 is 23.6 Å². The fourth-order valence-electron chi connectivity index (χ4n) is 5.15. The van der Waals surface area contributed by atoms with Crippen LogP contribution in [0.2, 0.25) is 0 Å². The maximum absolute atomic E-state index is 13.7. The lowest BCUT2D eigenvalue weighted by Gasteiger charge is -2.29. The van der Waals surface area contributed by atoms with Gasteiger partial charge in [0.2, 0.25) is 23.6 Å². The van der Waals surface area contributed by atoms with Crippen molar-refractivity contribution in [3.05, 3.63) is 65.7 Å². The van der Waals surface area contributed by atoms with E-state index >= 15 is 0 Å². The molecule has 2 aliphatic heterocycles. The fraction of sp³-hybridized carbons (Fsp3) is 0.448. The molecule has 2 saturated heterocycles. The number of nitrogens with one attached hydrogen (secondary N) is 3. The third-order valence-electron chi connectivity index (χ3n) is 7.32. The maximum Gasteiger partial charge on any atom is 0.246 e. The van der Waals surface area contributed by atoms with Crippen LogP contribution in [-0.2, 0) is 32.0 Å². The Hall–Kier alpha value is -3.92. The van der Waals surface area contributed by atoms with Gasteiger partial charge in [0.15, 0.2) is 0 Å². The number of fused-ring (bicyclic) bond motifs is 1. The van der Waals surface area contributed by atoms with Gasteiger partial charge >= 0.3 is 0 Å². The summed E-state index contributed by atoms with van der Waals surface area (Å²) in [6.07, 6.45) is 3.33. The molecule has 2 heterocycles. The number of rotatable bonds is 6. The summed E-state index contributed by atoms with van der Waals surface area (Å²) in [7, 11) is 0. The Kier molecular flexibility index (Phi) is 9.54. The molecule has 0 saturated carbocycles. The maximum atomic E-state index is 13.7. The summed E-state index contributed by atoms with van der Waals surface area (Å²) < 4.78 is 0. The van der Waals surface area contributed by atoms with Crippen molar-refractivity contribution in [2.75, 3.05) is 13.1 Å². The molecule has 2 aromatic rings. The van der Waals surface area contributed by atoms with Crippen LogP contribution in [-0.4, -0.2) is 70.9 Å². The van der Waals surface area contributed by atoms with Crippen molar-refractivity contribution in [1.82, 2.24) is 20.9 Å². The summed E-state index contributed by atoms with van der Waals surface area (Å²) >= 11 is 0. The van der Waals surface area contributed by atoms with E-state index in [9.17, 15) is 24.3 Å². The van der Waals surface area contributed by atoms with Crippen molar-refractivity contribution < 1.29 is 24.3 Å². The molecule has 10 nitrogen and oxygen atoms in total. The van der Waals surface area contributed by atoms with Gasteiger partial charge in [0.25, 0.3) is 0 Å². The largest absolute Gasteiger partial charge is 0.508 e. The normalized spacial score (nSPS) is 23.4. The number of nitrogens with two attached hydrogens (primary N) is 1. The summed E-state index contributed by atoms with van der Waals surface area (Å²) in [5.74, 6) is -1.29. The zero-order valence-corrected chi connectivity index (χ0v) is 22.0. The monoisotopic (exact) mass is 535 g/mol. The SMILES string of the molecule is N[C@@H](Cc1ccc(O)cc1)C(=O)NC1CCCCNC(=O)[C@H]2CCCN2C(=O)C(Cc2ccccc2)NC1=O. The molecule has 0 bridgehead atoms. The van der Waals surface area contributed by atoms with Crippen LogP contribution in [0.5, 0.6) is 5.75 Å². The highest BCUT2D eigenvalue weighted by molar-refractivity contribution is 5.95. The van der Waals surface area contributed by atoms with Gasteiger partial charge in [0, 0.05) is 19.5 Å². The molecule has 4 amide bonds. The Morgan fingerprint density at radius 3 is 2.46 bits per heavy atom. The van der Waals surface area contributed by atoms with Crippen LogP contribution in [0.4, 0.5) is 0 Å². The van der Waals surface area contributed by atoms with Gasteiger partial charge in [-0.05, 0) is 61.8 Å². The van der Waals surface area contributed by atoms with Gasteiger partial charge < -0.3 is 31.7 Å². The summed E-state index contributed by atoms with van der Waals surface area (Å²) in [6, 6.07) is 12.6. The van der Waals surface area contributed by atoms with E-state index in [0.717, 1.165) is 11.1 Å². The average molecular weight is 536 g/mol. The third-order valence-corrected chi connectivity index (χ3v) is 7.32. The first kappa shape index (κ1) is 28.1. The van der Waals surface area contributed by atoms with Gasteiger partial charge in [0.05, 0.1) is 6.04 Å². The first-order valence-electron chi connectivity index (χ1n) is 13.6. The van der Waals surface area contributed by atoms with E-state index in [1.165, 1.54) is 12.1 Å². The van der Waals surface area contributed by atoms with Crippen LogP contribution in [0.1, 0.15) is 43.2 Å². The Balaban J connectivity index is 1.52. The van der Waals surface area contributed by atoms with Crippen LogP contribution in [0, 0.1) is 0 Å². The van der Waals surface area contributed by atoms with E-state index in [2.05, 4.69) is 16.0 Å². The van der Waals surface area contributed by atoms with Gasteiger partial charge in [-0.2, -0.15) is 0 Å². The lowest BCUT2D eigenvalue weighted by molar-refractivity contribution is -0.141. The minimum absolute atomic E-state index is 0.119. The molecule has 0 radical (unpaired) electrons. The molecular formula is C29H37N5O5. The first-order valence-corrected chi connectivity index (χ1v) is 13.6. The van der Waals surface area contributed by atoms with Gasteiger partial charge in [-0.15, -0.1) is 0 Å². The number of hydrogen-bond acceptors (Lipinski definition) is 6. The van der Waals surface area contributed by atoms with Crippen LogP contribution < -0.4 is 21.7 Å². The van der Waals surface area contributed by atoms with Crippen molar-refractivity contribution in [1.29, 1.82) is 0 Å². The van der Waals surface area contributed by atoms with Gasteiger partial charge in [-0.1, -0.05) is 42.5 Å². The molecule has 0 aliphatic carbocycles. The van der Waals surface area contributed by atoms with Crippen LogP contribution >= 0.6 is 0 Å². The van der Waals surface area contributed by atoms with Gasteiger partial charge in [-0.3, -0.25) is 19.2 Å². The standard InChI is InChI=1S/C29H37N5O5/c30-22(17-20-11-13-21(35)14-12-20)26(36)32-23-9-4-5-15-31-28(38)25-10-6-16-34(25)29(39)24(33-27(23)37)18-19-7-2-1-3-8-19/h1-3,7-8,11-14,22-25,35H,4-6,9-10,15-18,30H2,(H,31,38)(H,32,36)(H,33,37)/t22-,23?,24?,25+/m0/s1. The minimum atomic E-state index is -0.904. The molecule has 2 unspecified atom stereocenters. The first-order chi connectivity index (χ1) is 18.8. The smallest absolute Gasteiger partial charge is 0.246 e. The molecule has 208 valence electrons. The predicted molar refractivity (Wildman–Crippen MR) is 145 cm³/mol. The molecule has 2 fully saturated rings. The van der Waals surface area contributed by atoms with Gasteiger partial charge in [-0.25, -0.2) is 0 Å². The highest BCUT2D eigenvalue weighted by Crippen LogP contribution is 2.20. The van der Waals surface area contributed by atoms with E-state index in [1.54, 1.807) is 17.0 Å². The molecular weight excluding hydrogens is 498 g/mol. The topological polar surface area (TPSA) is 154 Å². The molecule has 4 rings (SSSR count). The van der Waals surface area contributed by atoms with E-state index in [0.29, 0.717) is 45.2 Å². The van der Waals surface area contributed by atoms with E-state index < -0.39 is 36.0 Å². The quantitative estimate of drug-likeness (QED) is 0.368. The van der Waals surface area contributed by atoms with Gasteiger partial charge in [0.1, 0.15) is 23.9 Å². The van der Waals surface area contributed by atoms with Crippen LogP contribution in [0.15, 0.2) is 54.6 Å². The number of aromatic hydroxyl groups is 1. The zero-order chi connectivity index (χ0) is 27.8. The zero-order valence-electron chi connectivity index (χ0n) is 22.0. The van der Waals surface area contributed by atoms with Crippen molar-refractivity contribution in [3.8, 4) is 5.75 Å². The number of nitrogens with zero attached hydrogens (tertiary/aromatic N) is 1. The second kappa shape index (κ2) is 13.2. The van der Waals surface area contributed by atoms with Crippen molar-refractivity contribution in [2.24, 2.45) is 5.73 Å². The number of hydrogen-bond donors (Lipinski definition) is 5. The number of carbonyl (C=O) groups excluding carboxylic acids is 4. The Labute approximate surface area is 228 Å². The molecule has 39 heavy (non-hydrogen) atoms. The Morgan fingerprint density at radius 2 is 1.72 bits per heavy atom. The summed E-state index contributed by atoms with van der Waals surface area (Å²) in [6.45, 7) is 0.873. The van der Waals surface area contributed by atoms with Crippen LogP contribution in [0.25, 0.3) is 0 Å². The number of amides is 4. The molecule has 2 aliphatic rings. The van der Waals surface area contributed by atoms with E-state index in [4.69, 9.17) is 5.73 Å². The lowest BCUT2D eigenvalue weighted by atomic mass is 10.0. The Bertz CT molecular complexity index is 1160. The van der Waals surface area contributed by atoms with E-state index in [1.807, 2.05) is 30.3 Å². The third kappa shape index (κ3) is 7.57. The second-order valence-corrected chi connectivity index (χ2v) is 10.3. The molecule has 4 atom stereocenters. The number of phenolic OH excluding ortho intramolecular Hbond substituents is 1. The molecule has 10 heteroatoms. The molecule has 0 spiro atoms. The summed E-state index contributed by atoms with van der Waals surface area (Å²) in [4.78, 5) is 54.6. The highest BCUT2D eigenvalue weighted by atomic mass is 16.3. The molecule has 2 aromatic carbocycles. The van der Waals surface area contributed by atoms with Crippen molar-refractivity contribution in [2.45, 2.75) is 69.1 Å². The molecule has 0 aromatic heterocycles. The minimum Gasteiger partial charge on any atom is -0.508 e. The number of carbonyl (C=O) groups is 4. The number of phenols is 1. The van der Waals surface area contributed by atoms with Crippen LogP contribution in [0.3, 0.4) is 0 Å². The Morgan fingerprint density at radius 1 is 0.974 bits per heavy atom. The summed E-state index contributed by atoms with van der Waals surface area (Å²) in [5.41, 5.74) is 7.80. The van der Waals surface area contributed by atoms with E-state index in [-0.39, 0.29) is 30.4 Å². The fourth-order valence-corrected chi connectivity index (χ4v) is 5.15. The molecule has 6 N–H and O–H groups in total. The van der Waals surface area contributed by atoms with Crippen molar-refractivity contribution in [3.63, 3.8) is 0 Å². The highest BCUT2D eigenvalue weighted by Gasteiger charge is 2.38. The predicted octanol–water partition coefficient (Wildman–Crippen LogP) is 0.765. The second-order valence-electron chi connectivity index (χ2n) is 10.3. The summed E-state index contributed by atoms with van der Waals surface area (Å²) in [5, 5.41) is 18.1. The number of benzene rings is 2. The lowest BCUT2D eigenvalue weighted by Crippen LogP contribution is -2.58. The average Bonchev–Trinajstić information content (AvgIpc) is 3.43.